The molecule has 0 N–H and O–H groups in total. The highest BCUT2D eigenvalue weighted by Crippen LogP contribution is 2.41. The van der Waals surface area contributed by atoms with Crippen molar-refractivity contribution < 1.29 is 13.2 Å². The summed E-state index contributed by atoms with van der Waals surface area (Å²) in [5.74, 6) is -0.213. The van der Waals surface area contributed by atoms with Gasteiger partial charge in [-0.2, -0.15) is 0 Å². The van der Waals surface area contributed by atoms with Crippen LogP contribution in [0.25, 0.3) is 10.8 Å². The standard InChI is InChI=1S/C19H17BrN2O3S2/c1-2-21(11-14-9-10-17(20)26-14)18(23)12-22-15-7-3-5-13-6-4-8-16(19(13)15)27(22,24)25/h3-10H,2,11-12H2,1H3. The Balaban J connectivity index is 1.64. The summed E-state index contributed by atoms with van der Waals surface area (Å²) in [6.45, 7) is 2.68. The van der Waals surface area contributed by atoms with Crippen LogP contribution in [-0.4, -0.2) is 32.3 Å². The van der Waals surface area contributed by atoms with Gasteiger partial charge in [0.2, 0.25) is 5.91 Å². The van der Waals surface area contributed by atoms with Gasteiger partial charge < -0.3 is 4.90 Å². The highest BCUT2D eigenvalue weighted by molar-refractivity contribution is 9.11. The Morgan fingerprint density at radius 3 is 2.56 bits per heavy atom. The lowest BCUT2D eigenvalue weighted by Crippen LogP contribution is -2.41. The second kappa shape index (κ2) is 6.92. The molecule has 1 aliphatic heterocycles. The molecule has 0 unspecified atom stereocenters. The molecule has 8 heteroatoms. The van der Waals surface area contributed by atoms with E-state index < -0.39 is 10.0 Å². The number of anilines is 1. The molecule has 2 heterocycles. The quantitative estimate of drug-likeness (QED) is 0.567. The Morgan fingerprint density at radius 1 is 1.15 bits per heavy atom. The van der Waals surface area contributed by atoms with E-state index >= 15 is 0 Å². The zero-order valence-corrected chi connectivity index (χ0v) is 17.8. The van der Waals surface area contributed by atoms with E-state index in [-0.39, 0.29) is 17.3 Å². The number of rotatable bonds is 5. The van der Waals surface area contributed by atoms with E-state index in [1.54, 1.807) is 34.4 Å². The van der Waals surface area contributed by atoms with Crippen LogP contribution in [0.3, 0.4) is 0 Å². The number of carbonyl (C=O) groups excluding carboxylic acids is 1. The van der Waals surface area contributed by atoms with Crippen molar-refractivity contribution in [2.24, 2.45) is 0 Å². The number of halogens is 1. The average Bonchev–Trinajstić information content (AvgIpc) is 3.15. The van der Waals surface area contributed by atoms with Crippen LogP contribution in [0.5, 0.6) is 0 Å². The Labute approximate surface area is 170 Å². The van der Waals surface area contributed by atoms with Gasteiger partial charge in [0.05, 0.1) is 20.9 Å². The van der Waals surface area contributed by atoms with Crippen molar-refractivity contribution in [1.82, 2.24) is 4.90 Å². The van der Waals surface area contributed by atoms with Crippen molar-refractivity contribution in [3.05, 3.63) is 57.2 Å². The van der Waals surface area contributed by atoms with Gasteiger partial charge in [0.15, 0.2) is 0 Å². The molecule has 2 aromatic carbocycles. The summed E-state index contributed by atoms with van der Waals surface area (Å²) in [6, 6.07) is 14.6. The number of nitrogens with zero attached hydrogens (tertiary/aromatic N) is 2. The lowest BCUT2D eigenvalue weighted by atomic mass is 10.1. The molecule has 0 aliphatic carbocycles. The van der Waals surface area contributed by atoms with Gasteiger partial charge in [-0.05, 0) is 52.5 Å². The lowest BCUT2D eigenvalue weighted by molar-refractivity contribution is -0.129. The number of thiophene rings is 1. The van der Waals surface area contributed by atoms with E-state index in [1.165, 1.54) is 4.31 Å². The molecular weight excluding hydrogens is 448 g/mol. The van der Waals surface area contributed by atoms with Gasteiger partial charge in [0, 0.05) is 16.8 Å². The number of sulfonamides is 1. The van der Waals surface area contributed by atoms with Gasteiger partial charge in [-0.25, -0.2) is 8.42 Å². The van der Waals surface area contributed by atoms with Crippen LogP contribution in [0.15, 0.2) is 57.2 Å². The first kappa shape index (κ1) is 18.5. The van der Waals surface area contributed by atoms with E-state index in [4.69, 9.17) is 0 Å². The topological polar surface area (TPSA) is 57.7 Å². The largest absolute Gasteiger partial charge is 0.336 e. The average molecular weight is 465 g/mol. The first-order chi connectivity index (χ1) is 12.9. The Bertz CT molecular complexity index is 1140. The summed E-state index contributed by atoms with van der Waals surface area (Å²) in [5, 5.41) is 1.55. The van der Waals surface area contributed by atoms with Crippen LogP contribution in [0.1, 0.15) is 11.8 Å². The molecular formula is C19H17BrN2O3S2. The smallest absolute Gasteiger partial charge is 0.265 e. The Hall–Kier alpha value is -1.90. The van der Waals surface area contributed by atoms with Gasteiger partial charge in [-0.15, -0.1) is 11.3 Å². The van der Waals surface area contributed by atoms with Crippen molar-refractivity contribution in [3.63, 3.8) is 0 Å². The summed E-state index contributed by atoms with van der Waals surface area (Å²) in [6.07, 6.45) is 0. The molecule has 27 heavy (non-hydrogen) atoms. The Morgan fingerprint density at radius 2 is 1.89 bits per heavy atom. The first-order valence-corrected chi connectivity index (χ1v) is 11.5. The second-order valence-electron chi connectivity index (χ2n) is 6.26. The Kier molecular flexibility index (Phi) is 4.73. The van der Waals surface area contributed by atoms with Crippen molar-refractivity contribution in [3.8, 4) is 0 Å². The summed E-state index contributed by atoms with van der Waals surface area (Å²) >= 11 is 5.00. The zero-order valence-electron chi connectivity index (χ0n) is 14.6. The van der Waals surface area contributed by atoms with E-state index in [1.807, 2.05) is 37.3 Å². The summed E-state index contributed by atoms with van der Waals surface area (Å²) in [5.41, 5.74) is 0.575. The van der Waals surface area contributed by atoms with E-state index in [0.717, 1.165) is 14.0 Å². The SMILES string of the molecule is CCN(Cc1ccc(Br)s1)C(=O)CN1c2cccc3cccc(c23)S1(=O)=O. The fourth-order valence-corrected chi connectivity index (χ4v) is 6.51. The lowest BCUT2D eigenvalue weighted by Gasteiger charge is -2.24. The number of amides is 1. The minimum Gasteiger partial charge on any atom is -0.336 e. The maximum atomic E-state index is 13.0. The normalized spacial score (nSPS) is 14.7. The monoisotopic (exact) mass is 464 g/mol. The predicted molar refractivity (Wildman–Crippen MR) is 112 cm³/mol. The van der Waals surface area contributed by atoms with Crippen LogP contribution in [0, 0.1) is 0 Å². The minimum absolute atomic E-state index is 0.198. The van der Waals surface area contributed by atoms with Crippen LogP contribution in [-0.2, 0) is 21.4 Å². The van der Waals surface area contributed by atoms with Crippen molar-refractivity contribution in [2.75, 3.05) is 17.4 Å². The highest BCUT2D eigenvalue weighted by atomic mass is 79.9. The van der Waals surface area contributed by atoms with Gasteiger partial charge in [0.1, 0.15) is 6.54 Å². The first-order valence-electron chi connectivity index (χ1n) is 8.48. The third-order valence-electron chi connectivity index (χ3n) is 4.67. The molecule has 0 bridgehead atoms. The van der Waals surface area contributed by atoms with Crippen LogP contribution in [0.4, 0.5) is 5.69 Å². The molecule has 1 aromatic heterocycles. The second-order valence-corrected chi connectivity index (χ2v) is 10.6. The van der Waals surface area contributed by atoms with Crippen LogP contribution < -0.4 is 4.31 Å². The fourth-order valence-electron chi connectivity index (χ4n) is 3.35. The van der Waals surface area contributed by atoms with E-state index in [2.05, 4.69) is 15.9 Å². The van der Waals surface area contributed by atoms with Crippen LogP contribution in [0.2, 0.25) is 0 Å². The third kappa shape index (κ3) is 3.15. The van der Waals surface area contributed by atoms with Gasteiger partial charge in [-0.1, -0.05) is 24.3 Å². The summed E-state index contributed by atoms with van der Waals surface area (Å²) in [4.78, 5) is 15.9. The maximum absolute atomic E-state index is 13.0. The number of benzene rings is 2. The zero-order chi connectivity index (χ0) is 19.2. The van der Waals surface area contributed by atoms with Crippen molar-refractivity contribution in [1.29, 1.82) is 0 Å². The molecule has 0 spiro atoms. The molecule has 0 saturated carbocycles. The van der Waals surface area contributed by atoms with E-state index in [9.17, 15) is 13.2 Å². The predicted octanol–water partition coefficient (Wildman–Crippen LogP) is 4.22. The highest BCUT2D eigenvalue weighted by Gasteiger charge is 2.37. The molecule has 140 valence electrons. The van der Waals surface area contributed by atoms with E-state index in [0.29, 0.717) is 24.2 Å². The molecule has 1 amide bonds. The van der Waals surface area contributed by atoms with Gasteiger partial charge >= 0.3 is 0 Å². The fraction of sp³-hybridized carbons (Fsp3) is 0.211. The maximum Gasteiger partial charge on any atom is 0.265 e. The molecule has 1 aliphatic rings. The van der Waals surface area contributed by atoms with Crippen molar-refractivity contribution >= 4 is 59.7 Å². The minimum atomic E-state index is -3.72. The molecule has 4 rings (SSSR count). The molecule has 0 radical (unpaired) electrons. The molecule has 3 aromatic rings. The van der Waals surface area contributed by atoms with Crippen molar-refractivity contribution in [2.45, 2.75) is 18.4 Å². The number of carbonyl (C=O) groups is 1. The molecule has 5 nitrogen and oxygen atoms in total. The van der Waals surface area contributed by atoms with Gasteiger partial charge in [0.25, 0.3) is 10.0 Å². The number of hydrogen-bond donors (Lipinski definition) is 0. The summed E-state index contributed by atoms with van der Waals surface area (Å²) in [7, 11) is -3.72. The molecule has 0 atom stereocenters. The number of likely N-dealkylation sites (N-methyl/N-ethyl adjacent to an activating group) is 1. The molecule has 0 fully saturated rings. The third-order valence-corrected chi connectivity index (χ3v) is 8.08. The molecule has 0 saturated heterocycles. The summed E-state index contributed by atoms with van der Waals surface area (Å²) < 4.78 is 28.3. The number of hydrogen-bond acceptors (Lipinski definition) is 4. The van der Waals surface area contributed by atoms with Crippen LogP contribution >= 0.6 is 27.3 Å². The van der Waals surface area contributed by atoms with Gasteiger partial charge in [-0.3, -0.25) is 9.10 Å².